The van der Waals surface area contributed by atoms with Crippen molar-refractivity contribution < 1.29 is 9.53 Å². The van der Waals surface area contributed by atoms with Crippen molar-refractivity contribution in [3.05, 3.63) is 75.8 Å². The summed E-state index contributed by atoms with van der Waals surface area (Å²) in [6, 6.07) is 3.79. The number of carbonyl (C=O) groups excluding carboxylic acids is 1. The zero-order valence-corrected chi connectivity index (χ0v) is 18.1. The monoisotopic (exact) mass is 438 g/mol. The van der Waals surface area contributed by atoms with Crippen molar-refractivity contribution in [2.45, 2.75) is 32.4 Å². The Balaban J connectivity index is 1.67. The summed E-state index contributed by atoms with van der Waals surface area (Å²) in [7, 11) is 0. The van der Waals surface area contributed by atoms with Crippen LogP contribution in [0.4, 0.5) is 0 Å². The molecule has 0 fully saturated rings. The number of dihydropyridines is 1. The molecule has 3 heterocycles. The predicted molar refractivity (Wildman–Crippen MR) is 123 cm³/mol. The smallest absolute Gasteiger partial charge is 0.262 e. The van der Waals surface area contributed by atoms with Gasteiger partial charge in [0.05, 0.1) is 10.9 Å². The van der Waals surface area contributed by atoms with Gasteiger partial charge in [-0.25, -0.2) is 0 Å². The topological polar surface area (TPSA) is 87.1 Å². The number of nitrogens with one attached hydrogen (secondary N) is 3. The van der Waals surface area contributed by atoms with Crippen LogP contribution in [0.1, 0.15) is 39.7 Å². The Morgan fingerprint density at radius 3 is 3.10 bits per heavy atom. The standard InChI is InChI=1S/C22H22N4O2S2/c1-13-17(5-3-9-25-13)28-22-18-16(7-6-15(10-23)19(18)29)20(30-22)21(27)26-12-14-4-2-8-24-11-14/h2-5,8-11,13,23,25,29H,6-7,12H2,1H3,(H,26,27). The van der Waals surface area contributed by atoms with E-state index in [1.807, 2.05) is 37.4 Å². The molecule has 0 spiro atoms. The van der Waals surface area contributed by atoms with Crippen LogP contribution >= 0.6 is 24.0 Å². The minimum atomic E-state index is -0.141. The lowest BCUT2D eigenvalue weighted by molar-refractivity contribution is 0.0954. The van der Waals surface area contributed by atoms with Crippen molar-refractivity contribution >= 4 is 41.0 Å². The number of hydrogen-bond acceptors (Lipinski definition) is 7. The van der Waals surface area contributed by atoms with E-state index in [1.54, 1.807) is 12.4 Å². The maximum absolute atomic E-state index is 13.0. The molecule has 0 saturated carbocycles. The lowest BCUT2D eigenvalue weighted by Crippen LogP contribution is -2.27. The number of amides is 1. The number of allylic oxidation sites excluding steroid dienone is 3. The number of ether oxygens (including phenoxy) is 1. The zero-order valence-electron chi connectivity index (χ0n) is 16.4. The predicted octanol–water partition coefficient (Wildman–Crippen LogP) is 4.08. The molecule has 0 radical (unpaired) electrons. The number of pyridine rings is 1. The minimum absolute atomic E-state index is 0.0220. The largest absolute Gasteiger partial charge is 0.448 e. The summed E-state index contributed by atoms with van der Waals surface area (Å²) in [6.45, 7) is 2.42. The van der Waals surface area contributed by atoms with Gasteiger partial charge in [0.15, 0.2) is 5.06 Å². The molecule has 6 nitrogen and oxygen atoms in total. The summed E-state index contributed by atoms with van der Waals surface area (Å²) in [6.07, 6.45) is 11.8. The maximum atomic E-state index is 13.0. The highest BCUT2D eigenvalue weighted by molar-refractivity contribution is 7.90. The molecule has 2 aromatic heterocycles. The quantitative estimate of drug-likeness (QED) is 0.404. The molecule has 1 atom stereocenters. The third-order valence-electron chi connectivity index (χ3n) is 5.06. The summed E-state index contributed by atoms with van der Waals surface area (Å²) >= 11 is 6.01. The van der Waals surface area contributed by atoms with Gasteiger partial charge >= 0.3 is 0 Å². The molecule has 154 valence electrons. The molecule has 1 amide bonds. The highest BCUT2D eigenvalue weighted by Gasteiger charge is 2.30. The van der Waals surface area contributed by atoms with Crippen molar-refractivity contribution in [3.8, 4) is 5.06 Å². The molecule has 0 bridgehead atoms. The second kappa shape index (κ2) is 8.89. The van der Waals surface area contributed by atoms with Gasteiger partial charge in [0, 0.05) is 35.6 Å². The van der Waals surface area contributed by atoms with Crippen LogP contribution in [0.3, 0.4) is 0 Å². The number of rotatable bonds is 6. The van der Waals surface area contributed by atoms with Crippen LogP contribution in [0.15, 0.2) is 54.2 Å². The Hall–Kier alpha value is -2.84. The van der Waals surface area contributed by atoms with Gasteiger partial charge in [-0.1, -0.05) is 17.4 Å². The van der Waals surface area contributed by atoms with Crippen LogP contribution in [0.5, 0.6) is 5.06 Å². The summed E-state index contributed by atoms with van der Waals surface area (Å²) < 4.78 is 6.24. The van der Waals surface area contributed by atoms with E-state index in [0.29, 0.717) is 34.2 Å². The van der Waals surface area contributed by atoms with Crippen molar-refractivity contribution in [3.63, 3.8) is 0 Å². The SMILES string of the molecule is CC1NC=CC=C1Oc1sc(C(=O)NCc2cccnc2)c2c1C(S)=C(C=N)CC2. The average Bonchev–Trinajstić information content (AvgIpc) is 3.14. The average molecular weight is 439 g/mol. The number of thiol groups is 1. The molecule has 30 heavy (non-hydrogen) atoms. The van der Waals surface area contributed by atoms with Crippen molar-refractivity contribution in [1.82, 2.24) is 15.6 Å². The molecule has 2 aromatic rings. The summed E-state index contributed by atoms with van der Waals surface area (Å²) in [5, 5.41) is 14.5. The summed E-state index contributed by atoms with van der Waals surface area (Å²) in [5.41, 5.74) is 3.54. The van der Waals surface area contributed by atoms with Crippen LogP contribution < -0.4 is 15.4 Å². The van der Waals surface area contributed by atoms with Crippen LogP contribution in [0.2, 0.25) is 0 Å². The third-order valence-corrected chi connectivity index (χ3v) is 6.68. The molecule has 1 aliphatic carbocycles. The number of fused-ring (bicyclic) bond motifs is 1. The fraction of sp³-hybridized carbons (Fsp3) is 0.227. The van der Waals surface area contributed by atoms with Crippen molar-refractivity contribution in [1.29, 1.82) is 5.41 Å². The van der Waals surface area contributed by atoms with Crippen LogP contribution in [-0.4, -0.2) is 23.1 Å². The second-order valence-electron chi connectivity index (χ2n) is 7.05. The van der Waals surface area contributed by atoms with Crippen molar-refractivity contribution in [2.75, 3.05) is 0 Å². The van der Waals surface area contributed by atoms with Crippen LogP contribution in [-0.2, 0) is 13.0 Å². The highest BCUT2D eigenvalue weighted by atomic mass is 32.1. The zero-order chi connectivity index (χ0) is 21.1. The van der Waals surface area contributed by atoms with Gasteiger partial charge in [-0.2, -0.15) is 0 Å². The first-order chi connectivity index (χ1) is 14.6. The first kappa shape index (κ1) is 20.4. The number of nitrogens with zero attached hydrogens (tertiary/aromatic N) is 1. The lowest BCUT2D eigenvalue weighted by Gasteiger charge is -2.21. The molecular weight excluding hydrogens is 416 g/mol. The van der Waals surface area contributed by atoms with E-state index in [0.717, 1.165) is 28.0 Å². The second-order valence-corrected chi connectivity index (χ2v) is 8.48. The van der Waals surface area contributed by atoms with Gasteiger partial charge in [0.25, 0.3) is 5.91 Å². The fourth-order valence-electron chi connectivity index (χ4n) is 3.42. The van der Waals surface area contributed by atoms with E-state index in [2.05, 4.69) is 28.2 Å². The normalized spacial score (nSPS) is 17.7. The molecule has 1 unspecified atom stereocenters. The Kier molecular flexibility index (Phi) is 6.06. The maximum Gasteiger partial charge on any atom is 0.262 e. The molecule has 4 rings (SSSR count). The number of aromatic nitrogens is 1. The van der Waals surface area contributed by atoms with E-state index >= 15 is 0 Å². The van der Waals surface area contributed by atoms with E-state index < -0.39 is 0 Å². The van der Waals surface area contributed by atoms with E-state index in [-0.39, 0.29) is 11.9 Å². The van der Waals surface area contributed by atoms with Gasteiger partial charge in [-0.05, 0) is 60.9 Å². The van der Waals surface area contributed by atoms with Gasteiger partial charge in [-0.15, -0.1) is 12.6 Å². The van der Waals surface area contributed by atoms with Gasteiger partial charge in [0.1, 0.15) is 5.76 Å². The molecule has 8 heteroatoms. The minimum Gasteiger partial charge on any atom is -0.448 e. The van der Waals surface area contributed by atoms with Gasteiger partial charge < -0.3 is 20.8 Å². The fourth-order valence-corrected chi connectivity index (χ4v) is 5.05. The first-order valence-corrected chi connectivity index (χ1v) is 10.9. The number of hydrogen-bond donors (Lipinski definition) is 4. The molecule has 0 aromatic carbocycles. The molecule has 0 saturated heterocycles. The molecule has 1 aliphatic heterocycles. The Bertz CT molecular complexity index is 1070. The van der Waals surface area contributed by atoms with Gasteiger partial charge in [0.2, 0.25) is 0 Å². The van der Waals surface area contributed by atoms with Crippen LogP contribution in [0.25, 0.3) is 4.91 Å². The van der Waals surface area contributed by atoms with E-state index in [9.17, 15) is 4.79 Å². The highest BCUT2D eigenvalue weighted by Crippen LogP contribution is 2.47. The molecule has 2 aliphatic rings. The number of carbonyl (C=O) groups is 1. The summed E-state index contributed by atoms with van der Waals surface area (Å²) in [4.78, 5) is 18.4. The molecular formula is C22H22N4O2S2. The first-order valence-electron chi connectivity index (χ1n) is 9.64. The number of thiophene rings is 1. The van der Waals surface area contributed by atoms with Crippen LogP contribution in [0, 0.1) is 5.41 Å². The molecule has 3 N–H and O–H groups in total. The third kappa shape index (κ3) is 4.06. The Morgan fingerprint density at radius 2 is 2.37 bits per heavy atom. The van der Waals surface area contributed by atoms with E-state index in [1.165, 1.54) is 17.6 Å². The van der Waals surface area contributed by atoms with Gasteiger partial charge in [-0.3, -0.25) is 9.78 Å². The Labute approximate surface area is 184 Å². The van der Waals surface area contributed by atoms with Crippen molar-refractivity contribution in [2.24, 2.45) is 0 Å². The lowest BCUT2D eigenvalue weighted by atomic mass is 9.93. The van der Waals surface area contributed by atoms with E-state index in [4.69, 9.17) is 10.1 Å². The Morgan fingerprint density at radius 1 is 1.50 bits per heavy atom. The summed E-state index contributed by atoms with van der Waals surface area (Å²) in [5.74, 6) is 0.630.